The highest BCUT2D eigenvalue weighted by Crippen LogP contribution is 2.33. The molecule has 47 heavy (non-hydrogen) atoms. The number of halogens is 5. The Morgan fingerprint density at radius 1 is 0.766 bits per heavy atom. The molecule has 1 aliphatic carbocycles. The van der Waals surface area contributed by atoms with Crippen LogP contribution in [0.25, 0.3) is 0 Å². The van der Waals surface area contributed by atoms with Crippen molar-refractivity contribution in [1.29, 1.82) is 0 Å². The minimum Gasteiger partial charge on any atom is -0.489 e. The summed E-state index contributed by atoms with van der Waals surface area (Å²) in [6.07, 6.45) is 5.75. The number of sulfonamides is 1. The van der Waals surface area contributed by atoms with Gasteiger partial charge in [0.25, 0.3) is 0 Å². The fourth-order valence-corrected chi connectivity index (χ4v) is 6.87. The van der Waals surface area contributed by atoms with Crippen molar-refractivity contribution in [2.75, 3.05) is 18.5 Å². The minimum absolute atomic E-state index is 0.0116. The molecule has 248 valence electrons. The molecule has 4 aromatic rings. The van der Waals surface area contributed by atoms with Crippen LogP contribution in [0.4, 0.5) is 27.6 Å². The molecule has 0 N–H and O–H groups in total. The number of carbonyl (C=O) groups excluding carboxylic acids is 1. The number of hydrogen-bond acceptors (Lipinski definition) is 4. The van der Waals surface area contributed by atoms with Crippen LogP contribution in [-0.4, -0.2) is 32.2 Å². The van der Waals surface area contributed by atoms with Crippen molar-refractivity contribution in [1.82, 2.24) is 4.31 Å². The Kier molecular flexibility index (Phi) is 10.6. The molecule has 12 heteroatoms. The first kappa shape index (κ1) is 34.1. The van der Waals surface area contributed by atoms with Gasteiger partial charge < -0.3 is 9.64 Å². The summed E-state index contributed by atoms with van der Waals surface area (Å²) in [6, 6.07) is 23.7. The predicted molar refractivity (Wildman–Crippen MR) is 167 cm³/mol. The van der Waals surface area contributed by atoms with Gasteiger partial charge in [-0.3, -0.25) is 4.79 Å². The summed E-state index contributed by atoms with van der Waals surface area (Å²) >= 11 is 0. The van der Waals surface area contributed by atoms with E-state index in [1.807, 2.05) is 54.6 Å². The Labute approximate surface area is 270 Å². The highest BCUT2D eigenvalue weighted by molar-refractivity contribution is 7.89. The summed E-state index contributed by atoms with van der Waals surface area (Å²) < 4.78 is 103. The number of anilines is 1. The summed E-state index contributed by atoms with van der Waals surface area (Å²) in [5.74, 6) is -12.3. The van der Waals surface area contributed by atoms with Crippen LogP contribution in [-0.2, 0) is 28.0 Å². The largest absolute Gasteiger partial charge is 0.489 e. The second-order valence-corrected chi connectivity index (χ2v) is 13.5. The van der Waals surface area contributed by atoms with E-state index in [-0.39, 0.29) is 17.5 Å². The molecule has 1 aliphatic rings. The van der Waals surface area contributed by atoms with Gasteiger partial charge in [-0.2, -0.15) is 4.31 Å². The van der Waals surface area contributed by atoms with Crippen LogP contribution in [0, 0.1) is 29.1 Å². The van der Waals surface area contributed by atoms with Gasteiger partial charge in [0.2, 0.25) is 21.7 Å². The van der Waals surface area contributed by atoms with Gasteiger partial charge in [-0.15, -0.1) is 0 Å². The highest BCUT2D eigenvalue weighted by atomic mass is 32.2. The summed E-state index contributed by atoms with van der Waals surface area (Å²) in [5.41, 5.74) is 3.15. The van der Waals surface area contributed by atoms with E-state index in [1.165, 1.54) is 29.7 Å². The van der Waals surface area contributed by atoms with Crippen molar-refractivity contribution in [3.63, 3.8) is 0 Å². The van der Waals surface area contributed by atoms with Crippen molar-refractivity contribution in [2.45, 2.75) is 56.1 Å². The number of benzene rings is 4. The van der Waals surface area contributed by atoms with Crippen LogP contribution in [0.1, 0.15) is 54.7 Å². The first-order valence-electron chi connectivity index (χ1n) is 15.1. The zero-order chi connectivity index (χ0) is 33.7. The van der Waals surface area contributed by atoms with Crippen LogP contribution in [0.2, 0.25) is 0 Å². The number of amides is 1. The maximum atomic E-state index is 14.5. The molecule has 0 spiro atoms. The van der Waals surface area contributed by atoms with Gasteiger partial charge in [0, 0.05) is 18.8 Å². The second-order valence-electron chi connectivity index (χ2n) is 11.5. The topological polar surface area (TPSA) is 66.9 Å². The highest BCUT2D eigenvalue weighted by Gasteiger charge is 2.37. The summed E-state index contributed by atoms with van der Waals surface area (Å²) in [5, 5.41) is 0. The molecule has 1 saturated carbocycles. The number of nitrogens with zero attached hydrogens (tertiary/aromatic N) is 2. The Hall–Kier alpha value is -4.29. The summed E-state index contributed by atoms with van der Waals surface area (Å²) in [4.78, 5) is 13.0. The monoisotopic (exact) mass is 672 g/mol. The fourth-order valence-electron chi connectivity index (χ4n) is 5.65. The molecule has 0 aromatic heterocycles. The standard InChI is InChI=1S/C35H33F5N2O4S/c1-41(47(44,45)35-33(39)31(37)30(36)32(38)34(35)40)21-29(43)42(20-23-15-17-26(18-16-23)25-11-6-3-7-12-25)27-13-8-14-28(19-27)46-22-24-9-4-2-5-10-24/h2,4-5,8-10,13-19,25H,3,6-7,11-12,20-22H2,1H3. The van der Waals surface area contributed by atoms with Crippen molar-refractivity contribution in [3.05, 3.63) is 125 Å². The van der Waals surface area contributed by atoms with E-state index in [4.69, 9.17) is 4.74 Å². The van der Waals surface area contributed by atoms with E-state index in [9.17, 15) is 35.2 Å². The Balaban J connectivity index is 1.43. The first-order chi connectivity index (χ1) is 22.5. The van der Waals surface area contributed by atoms with Crippen LogP contribution < -0.4 is 9.64 Å². The van der Waals surface area contributed by atoms with Gasteiger partial charge >= 0.3 is 0 Å². The molecule has 0 aliphatic heterocycles. The lowest BCUT2D eigenvalue weighted by Crippen LogP contribution is -2.41. The lowest BCUT2D eigenvalue weighted by Gasteiger charge is -2.27. The third kappa shape index (κ3) is 7.65. The van der Waals surface area contributed by atoms with Crippen LogP contribution >= 0.6 is 0 Å². The maximum absolute atomic E-state index is 14.5. The molecule has 0 radical (unpaired) electrons. The van der Waals surface area contributed by atoms with Crippen LogP contribution in [0.5, 0.6) is 5.75 Å². The molecule has 6 nitrogen and oxygen atoms in total. The fraction of sp³-hybridized carbons (Fsp3) is 0.286. The number of rotatable bonds is 11. The van der Waals surface area contributed by atoms with E-state index >= 15 is 0 Å². The molecule has 0 saturated heterocycles. The van der Waals surface area contributed by atoms with Gasteiger partial charge in [0.1, 0.15) is 12.4 Å². The van der Waals surface area contributed by atoms with E-state index in [1.54, 1.807) is 24.3 Å². The van der Waals surface area contributed by atoms with Crippen molar-refractivity contribution < 1.29 is 39.9 Å². The van der Waals surface area contributed by atoms with Crippen molar-refractivity contribution >= 4 is 21.6 Å². The van der Waals surface area contributed by atoms with Gasteiger partial charge in [-0.25, -0.2) is 30.4 Å². The zero-order valence-electron chi connectivity index (χ0n) is 25.6. The maximum Gasteiger partial charge on any atom is 0.249 e. The zero-order valence-corrected chi connectivity index (χ0v) is 26.4. The lowest BCUT2D eigenvalue weighted by atomic mass is 9.84. The van der Waals surface area contributed by atoms with Gasteiger partial charge in [-0.05, 0) is 47.6 Å². The summed E-state index contributed by atoms with van der Waals surface area (Å²) in [6.45, 7) is -0.747. The first-order valence-corrected chi connectivity index (χ1v) is 16.5. The molecule has 5 rings (SSSR count). The normalized spacial score (nSPS) is 13.9. The Morgan fingerprint density at radius 2 is 1.38 bits per heavy atom. The smallest absolute Gasteiger partial charge is 0.249 e. The minimum atomic E-state index is -5.35. The molecule has 0 heterocycles. The van der Waals surface area contributed by atoms with E-state index in [2.05, 4.69) is 0 Å². The molecule has 1 fully saturated rings. The van der Waals surface area contributed by atoms with Crippen LogP contribution in [0.15, 0.2) is 83.8 Å². The third-order valence-electron chi connectivity index (χ3n) is 8.27. The van der Waals surface area contributed by atoms with Crippen molar-refractivity contribution in [3.8, 4) is 5.75 Å². The van der Waals surface area contributed by atoms with Gasteiger partial charge in [0.05, 0.1) is 13.1 Å². The van der Waals surface area contributed by atoms with E-state index in [0.29, 0.717) is 17.4 Å². The van der Waals surface area contributed by atoms with E-state index in [0.717, 1.165) is 31.0 Å². The molecule has 0 unspecified atom stereocenters. The van der Waals surface area contributed by atoms with Crippen molar-refractivity contribution in [2.24, 2.45) is 0 Å². The van der Waals surface area contributed by atoms with Gasteiger partial charge in [0.15, 0.2) is 28.2 Å². The molecule has 1 amide bonds. The average Bonchev–Trinajstić information content (AvgIpc) is 3.09. The predicted octanol–water partition coefficient (Wildman–Crippen LogP) is 7.86. The number of ether oxygens (including phenoxy) is 1. The Morgan fingerprint density at radius 3 is 2.02 bits per heavy atom. The molecule has 0 bridgehead atoms. The molecule has 0 atom stereocenters. The summed E-state index contributed by atoms with van der Waals surface area (Å²) in [7, 11) is -4.53. The number of hydrogen-bond donors (Lipinski definition) is 0. The average molecular weight is 673 g/mol. The SMILES string of the molecule is CN(CC(=O)N(Cc1ccc(C2CCCCC2)cc1)c1cccc(OCc2ccccc2)c1)S(=O)(=O)c1c(F)c(F)c(F)c(F)c1F. The molecule has 4 aromatic carbocycles. The lowest BCUT2D eigenvalue weighted by molar-refractivity contribution is -0.118. The van der Waals surface area contributed by atoms with Crippen LogP contribution in [0.3, 0.4) is 0 Å². The molecular weight excluding hydrogens is 639 g/mol. The van der Waals surface area contributed by atoms with Gasteiger partial charge in [-0.1, -0.05) is 79.9 Å². The quantitative estimate of drug-likeness (QED) is 0.0925. The Bertz CT molecular complexity index is 1800. The molecular formula is C35H33F5N2O4S. The third-order valence-corrected chi connectivity index (χ3v) is 10.1. The van der Waals surface area contributed by atoms with E-state index < -0.39 is 56.5 Å². The number of likely N-dealkylation sites (N-methyl/N-ethyl adjacent to an activating group) is 1. The second kappa shape index (κ2) is 14.6. The number of carbonyl (C=O) groups is 1.